The van der Waals surface area contributed by atoms with Gasteiger partial charge < -0.3 is 4.74 Å². The molecule has 0 heterocycles. The summed E-state index contributed by atoms with van der Waals surface area (Å²) in [6.45, 7) is 4.00. The molecule has 0 aliphatic rings. The molecule has 0 bridgehead atoms. The van der Waals surface area contributed by atoms with Gasteiger partial charge in [-0.1, -0.05) is 32.0 Å². The highest BCUT2D eigenvalue weighted by Crippen LogP contribution is 2.27. The third-order valence-corrected chi connectivity index (χ3v) is 2.10. The van der Waals surface area contributed by atoms with Gasteiger partial charge in [0.25, 0.3) is 0 Å². The van der Waals surface area contributed by atoms with Crippen LogP contribution in [0, 0.1) is 0 Å². The van der Waals surface area contributed by atoms with E-state index >= 15 is 0 Å². The van der Waals surface area contributed by atoms with Crippen LogP contribution in [0.4, 0.5) is 13.2 Å². The zero-order chi connectivity index (χ0) is 12.6. The quantitative estimate of drug-likeness (QED) is 0.784. The third-order valence-electron chi connectivity index (χ3n) is 1.50. The van der Waals surface area contributed by atoms with Gasteiger partial charge in [-0.05, 0) is 12.3 Å². The number of benzene rings is 1. The van der Waals surface area contributed by atoms with Crippen LogP contribution in [0.5, 0.6) is 5.75 Å². The number of thioether (sulfide) groups is 1. The zero-order valence-corrected chi connectivity index (χ0v) is 10.3. The molecule has 0 aliphatic carbocycles. The smallest absolute Gasteiger partial charge is 0.405 e. The van der Waals surface area contributed by atoms with E-state index in [0.29, 0.717) is 11.3 Å². The Hall–Kier alpha value is -0.840. The maximum Gasteiger partial charge on any atom is 0.573 e. The summed E-state index contributed by atoms with van der Waals surface area (Å²) in [5, 5.41) is 0. The van der Waals surface area contributed by atoms with Crippen LogP contribution in [0.3, 0.4) is 0 Å². The van der Waals surface area contributed by atoms with Crippen LogP contribution in [0.15, 0.2) is 24.3 Å². The number of hydrogen-bond acceptors (Lipinski definition) is 2. The summed E-state index contributed by atoms with van der Waals surface area (Å²) in [5.41, 5.74) is 0.553. The molecule has 0 saturated heterocycles. The van der Waals surface area contributed by atoms with Gasteiger partial charge in [-0.25, -0.2) is 0 Å². The first-order valence-electron chi connectivity index (χ1n) is 4.85. The molecule has 0 aromatic heterocycles. The van der Waals surface area contributed by atoms with Gasteiger partial charge >= 0.3 is 6.36 Å². The van der Waals surface area contributed by atoms with E-state index in [1.807, 2.05) is 20.1 Å². The Kier molecular flexibility index (Phi) is 7.05. The predicted octanol–water partition coefficient (Wildman–Crippen LogP) is 4.47. The molecule has 5 heteroatoms. The molecule has 0 N–H and O–H groups in total. The largest absolute Gasteiger partial charge is 0.573 e. The number of rotatable bonds is 3. The molecule has 0 aliphatic heterocycles. The molecule has 0 saturated carbocycles. The van der Waals surface area contributed by atoms with Crippen molar-refractivity contribution in [3.8, 4) is 5.75 Å². The van der Waals surface area contributed by atoms with Crippen LogP contribution in [0.1, 0.15) is 19.4 Å². The van der Waals surface area contributed by atoms with Gasteiger partial charge in [0, 0.05) is 11.3 Å². The molecule has 0 unspecified atom stereocenters. The van der Waals surface area contributed by atoms with Crippen LogP contribution in [-0.4, -0.2) is 12.6 Å². The van der Waals surface area contributed by atoms with Gasteiger partial charge in [-0.15, -0.1) is 13.2 Å². The van der Waals surface area contributed by atoms with Crippen molar-refractivity contribution in [3.63, 3.8) is 0 Å². The maximum absolute atomic E-state index is 11.9. The number of alkyl halides is 3. The Morgan fingerprint density at radius 2 is 1.75 bits per heavy atom. The summed E-state index contributed by atoms with van der Waals surface area (Å²) in [7, 11) is 0. The minimum absolute atomic E-state index is 0.116. The Bertz CT molecular complexity index is 300. The number of para-hydroxylation sites is 1. The molecule has 1 aromatic rings. The van der Waals surface area contributed by atoms with Crippen molar-refractivity contribution in [2.75, 3.05) is 6.26 Å². The van der Waals surface area contributed by atoms with Crippen molar-refractivity contribution in [2.45, 2.75) is 26.0 Å². The fourth-order valence-electron chi connectivity index (χ4n) is 1.00. The fourth-order valence-corrected chi connectivity index (χ4v) is 1.55. The molecule has 92 valence electrons. The lowest BCUT2D eigenvalue weighted by Gasteiger charge is -2.12. The molecule has 0 radical (unpaired) electrons. The van der Waals surface area contributed by atoms with Crippen LogP contribution in [0.25, 0.3) is 0 Å². The topological polar surface area (TPSA) is 9.23 Å². The molecular weight excluding hydrogens is 237 g/mol. The average Bonchev–Trinajstić information content (AvgIpc) is 2.22. The van der Waals surface area contributed by atoms with E-state index in [2.05, 4.69) is 4.74 Å². The van der Waals surface area contributed by atoms with E-state index in [9.17, 15) is 13.2 Å². The Morgan fingerprint density at radius 3 is 2.25 bits per heavy atom. The molecule has 0 atom stereocenters. The first-order chi connectivity index (χ1) is 7.53. The Labute approximate surface area is 98.0 Å². The molecule has 1 aromatic carbocycles. The van der Waals surface area contributed by atoms with Crippen molar-refractivity contribution in [2.24, 2.45) is 0 Å². The van der Waals surface area contributed by atoms with E-state index in [4.69, 9.17) is 0 Å². The van der Waals surface area contributed by atoms with Crippen molar-refractivity contribution in [3.05, 3.63) is 29.8 Å². The standard InChI is InChI=1S/C9H9F3OS.C2H6/c1-14-6-7-4-2-3-5-8(7)13-9(10,11)12;1-2/h2-5H,6H2,1H3;1-2H3. The summed E-state index contributed by atoms with van der Waals surface area (Å²) in [6, 6.07) is 6.15. The number of ether oxygens (including phenoxy) is 1. The Balaban J connectivity index is 0.00000106. The average molecular weight is 252 g/mol. The van der Waals surface area contributed by atoms with Gasteiger partial charge in [0.1, 0.15) is 5.75 Å². The molecule has 0 spiro atoms. The minimum atomic E-state index is -4.62. The van der Waals surface area contributed by atoms with Crippen LogP contribution in [0.2, 0.25) is 0 Å². The minimum Gasteiger partial charge on any atom is -0.405 e. The lowest BCUT2D eigenvalue weighted by Crippen LogP contribution is -2.17. The highest BCUT2D eigenvalue weighted by molar-refractivity contribution is 7.97. The molecule has 0 fully saturated rings. The number of halogens is 3. The van der Waals surface area contributed by atoms with E-state index in [1.54, 1.807) is 12.1 Å². The second-order valence-electron chi connectivity index (χ2n) is 2.59. The van der Waals surface area contributed by atoms with Crippen LogP contribution >= 0.6 is 11.8 Å². The SMILES string of the molecule is CC.CSCc1ccccc1OC(F)(F)F. The summed E-state index contributed by atoms with van der Waals surface area (Å²) < 4.78 is 39.7. The first kappa shape index (κ1) is 15.2. The highest BCUT2D eigenvalue weighted by atomic mass is 32.2. The Morgan fingerprint density at radius 1 is 1.19 bits per heavy atom. The zero-order valence-electron chi connectivity index (χ0n) is 9.47. The van der Waals surface area contributed by atoms with Gasteiger partial charge in [-0.2, -0.15) is 11.8 Å². The summed E-state index contributed by atoms with van der Waals surface area (Å²) in [6.07, 6.45) is -2.79. The van der Waals surface area contributed by atoms with Crippen molar-refractivity contribution in [1.82, 2.24) is 0 Å². The first-order valence-corrected chi connectivity index (χ1v) is 6.25. The molecule has 1 nitrogen and oxygen atoms in total. The molecular formula is C11H15F3OS. The molecule has 0 amide bonds. The molecule has 16 heavy (non-hydrogen) atoms. The monoisotopic (exact) mass is 252 g/mol. The third kappa shape index (κ3) is 5.90. The van der Waals surface area contributed by atoms with Crippen molar-refractivity contribution >= 4 is 11.8 Å². The van der Waals surface area contributed by atoms with Crippen molar-refractivity contribution < 1.29 is 17.9 Å². The maximum atomic E-state index is 11.9. The lowest BCUT2D eigenvalue weighted by molar-refractivity contribution is -0.274. The lowest BCUT2D eigenvalue weighted by atomic mass is 10.2. The van der Waals surface area contributed by atoms with Gasteiger partial charge in [0.15, 0.2) is 0 Å². The van der Waals surface area contributed by atoms with Crippen molar-refractivity contribution in [1.29, 1.82) is 0 Å². The van der Waals surface area contributed by atoms with Crippen LogP contribution < -0.4 is 4.74 Å². The van der Waals surface area contributed by atoms with E-state index in [0.717, 1.165) is 0 Å². The second kappa shape index (κ2) is 7.44. The van der Waals surface area contributed by atoms with E-state index < -0.39 is 6.36 Å². The van der Waals surface area contributed by atoms with Gasteiger partial charge in [0.05, 0.1) is 0 Å². The highest BCUT2D eigenvalue weighted by Gasteiger charge is 2.31. The van der Waals surface area contributed by atoms with E-state index in [1.165, 1.54) is 23.9 Å². The predicted molar refractivity (Wildman–Crippen MR) is 61.7 cm³/mol. The second-order valence-corrected chi connectivity index (χ2v) is 3.45. The van der Waals surface area contributed by atoms with E-state index in [-0.39, 0.29) is 5.75 Å². The van der Waals surface area contributed by atoms with Gasteiger partial charge in [-0.3, -0.25) is 0 Å². The molecule has 1 rings (SSSR count). The summed E-state index contributed by atoms with van der Waals surface area (Å²) >= 11 is 1.45. The normalized spacial score (nSPS) is 10.4. The summed E-state index contributed by atoms with van der Waals surface area (Å²) in [4.78, 5) is 0. The fraction of sp³-hybridized carbons (Fsp3) is 0.455. The van der Waals surface area contributed by atoms with Crippen LogP contribution in [-0.2, 0) is 5.75 Å². The summed E-state index contributed by atoms with van der Waals surface area (Å²) in [5.74, 6) is 0.390. The number of hydrogen-bond donors (Lipinski definition) is 0. The van der Waals surface area contributed by atoms with Gasteiger partial charge in [0.2, 0.25) is 0 Å².